The summed E-state index contributed by atoms with van der Waals surface area (Å²) in [6.45, 7) is 3.70. The lowest BCUT2D eigenvalue weighted by molar-refractivity contribution is 0.192. The third-order valence-electron chi connectivity index (χ3n) is 1.98. The molecule has 1 aromatic carbocycles. The fourth-order valence-electron chi connectivity index (χ4n) is 0.996. The molecule has 0 fully saturated rings. The largest absolute Gasteiger partial charge is 0.359 e. The molecular formula is C10H15O3P. The maximum absolute atomic E-state index is 11.7. The van der Waals surface area contributed by atoms with Gasteiger partial charge in [0.05, 0.1) is 11.4 Å². The molecule has 0 aliphatic heterocycles. The van der Waals surface area contributed by atoms with Crippen LogP contribution in [0.1, 0.15) is 20.3 Å². The zero-order chi connectivity index (χ0) is 10.6. The van der Waals surface area contributed by atoms with Crippen molar-refractivity contribution in [3.05, 3.63) is 30.3 Å². The van der Waals surface area contributed by atoms with Gasteiger partial charge in [0.2, 0.25) is 0 Å². The molecule has 0 heterocycles. The van der Waals surface area contributed by atoms with Gasteiger partial charge in [-0.2, -0.15) is 0 Å². The summed E-state index contributed by atoms with van der Waals surface area (Å²) in [5.41, 5.74) is 0. The van der Waals surface area contributed by atoms with Crippen LogP contribution in [0.15, 0.2) is 30.3 Å². The Kier molecular flexibility index (Phi) is 3.87. The van der Waals surface area contributed by atoms with E-state index in [9.17, 15) is 9.46 Å². The van der Waals surface area contributed by atoms with Gasteiger partial charge in [0, 0.05) is 0 Å². The maximum atomic E-state index is 11.7. The zero-order valence-electron chi connectivity index (χ0n) is 8.38. The summed E-state index contributed by atoms with van der Waals surface area (Å²) in [6.07, 6.45) is 0.517. The van der Waals surface area contributed by atoms with Crippen LogP contribution in [0.2, 0.25) is 0 Å². The molecule has 0 spiro atoms. The first-order valence-corrected chi connectivity index (χ1v) is 6.21. The average molecular weight is 214 g/mol. The fourth-order valence-corrected chi connectivity index (χ4v) is 2.30. The van der Waals surface area contributed by atoms with Crippen LogP contribution in [0.4, 0.5) is 0 Å². The molecule has 2 atom stereocenters. The molecule has 1 N–H and O–H groups in total. The second kappa shape index (κ2) is 4.74. The molecule has 3 nitrogen and oxygen atoms in total. The summed E-state index contributed by atoms with van der Waals surface area (Å²) in [4.78, 5) is 9.62. The molecule has 0 bridgehead atoms. The van der Waals surface area contributed by atoms with Gasteiger partial charge in [-0.3, -0.25) is 4.57 Å². The predicted octanol–water partition coefficient (Wildman–Crippen LogP) is 2.31. The van der Waals surface area contributed by atoms with E-state index in [2.05, 4.69) is 0 Å². The highest BCUT2D eigenvalue weighted by Gasteiger charge is 2.24. The minimum absolute atomic E-state index is 0.203. The van der Waals surface area contributed by atoms with Crippen molar-refractivity contribution in [1.29, 1.82) is 0 Å². The lowest BCUT2D eigenvalue weighted by Crippen LogP contribution is -2.12. The topological polar surface area (TPSA) is 46.5 Å². The second-order valence-corrected chi connectivity index (χ2v) is 4.95. The van der Waals surface area contributed by atoms with E-state index in [4.69, 9.17) is 4.52 Å². The molecule has 1 rings (SSSR count). The van der Waals surface area contributed by atoms with E-state index >= 15 is 0 Å². The van der Waals surface area contributed by atoms with E-state index in [1.165, 1.54) is 0 Å². The normalized spacial score (nSPS) is 17.4. The van der Waals surface area contributed by atoms with Crippen molar-refractivity contribution in [3.63, 3.8) is 0 Å². The van der Waals surface area contributed by atoms with Crippen LogP contribution in [0.3, 0.4) is 0 Å². The van der Waals surface area contributed by atoms with E-state index in [1.807, 2.05) is 6.92 Å². The van der Waals surface area contributed by atoms with Crippen molar-refractivity contribution in [2.24, 2.45) is 0 Å². The van der Waals surface area contributed by atoms with Gasteiger partial charge < -0.3 is 9.42 Å². The highest BCUT2D eigenvalue weighted by molar-refractivity contribution is 7.61. The number of hydrogen-bond acceptors (Lipinski definition) is 2. The first-order chi connectivity index (χ1) is 6.56. The molecule has 0 amide bonds. The van der Waals surface area contributed by atoms with Crippen molar-refractivity contribution in [3.8, 4) is 0 Å². The third kappa shape index (κ3) is 2.95. The summed E-state index contributed by atoms with van der Waals surface area (Å²) in [7, 11) is -3.62. The van der Waals surface area contributed by atoms with Crippen molar-refractivity contribution < 1.29 is 14.0 Å². The van der Waals surface area contributed by atoms with E-state index in [0.29, 0.717) is 5.30 Å². The maximum Gasteiger partial charge on any atom is 0.359 e. The summed E-state index contributed by atoms with van der Waals surface area (Å²) in [6, 6.07) is 8.44. The number of hydrogen-bond donors (Lipinski definition) is 1. The fraction of sp³-hybridized carbons (Fsp3) is 0.400. The third-order valence-corrected chi connectivity index (χ3v) is 3.58. The Balaban J connectivity index is 2.81. The van der Waals surface area contributed by atoms with Crippen molar-refractivity contribution >= 4 is 12.9 Å². The molecule has 0 aliphatic carbocycles. The standard InChI is InChI=1S/C10H15O3P/c1-3-9(2)13-14(11,12)10-7-5-4-6-8-10/h4-9H,3H2,1-2H3,(H,11,12). The van der Waals surface area contributed by atoms with Crippen molar-refractivity contribution in [1.82, 2.24) is 0 Å². The lowest BCUT2D eigenvalue weighted by atomic mass is 10.3. The van der Waals surface area contributed by atoms with Gasteiger partial charge in [-0.1, -0.05) is 25.1 Å². The first kappa shape index (κ1) is 11.4. The van der Waals surface area contributed by atoms with E-state index in [-0.39, 0.29) is 6.10 Å². The smallest absolute Gasteiger partial charge is 0.321 e. The Morgan fingerprint density at radius 1 is 1.43 bits per heavy atom. The minimum atomic E-state index is -3.62. The zero-order valence-corrected chi connectivity index (χ0v) is 9.28. The van der Waals surface area contributed by atoms with E-state index in [0.717, 1.165) is 6.42 Å². The molecule has 0 aliphatic rings. The van der Waals surface area contributed by atoms with Gasteiger partial charge in [-0.05, 0) is 25.5 Å². The van der Waals surface area contributed by atoms with E-state index in [1.54, 1.807) is 37.3 Å². The van der Waals surface area contributed by atoms with Crippen LogP contribution in [0.5, 0.6) is 0 Å². The molecular weight excluding hydrogens is 199 g/mol. The Morgan fingerprint density at radius 3 is 2.50 bits per heavy atom. The van der Waals surface area contributed by atoms with Crippen LogP contribution in [-0.4, -0.2) is 11.0 Å². The average Bonchev–Trinajstić information content (AvgIpc) is 2.18. The molecule has 0 aromatic heterocycles. The molecule has 1 aromatic rings. The summed E-state index contributed by atoms with van der Waals surface area (Å²) in [5.74, 6) is 0. The number of rotatable bonds is 4. The molecule has 0 radical (unpaired) electrons. The predicted molar refractivity (Wildman–Crippen MR) is 56.7 cm³/mol. The number of benzene rings is 1. The lowest BCUT2D eigenvalue weighted by Gasteiger charge is -2.16. The van der Waals surface area contributed by atoms with Crippen LogP contribution in [-0.2, 0) is 9.09 Å². The Morgan fingerprint density at radius 2 is 2.00 bits per heavy atom. The Hall–Kier alpha value is -0.630. The molecule has 78 valence electrons. The molecule has 4 heteroatoms. The van der Waals surface area contributed by atoms with Crippen LogP contribution in [0.25, 0.3) is 0 Å². The van der Waals surface area contributed by atoms with Crippen LogP contribution >= 0.6 is 7.60 Å². The quantitative estimate of drug-likeness (QED) is 0.782. The van der Waals surface area contributed by atoms with Crippen molar-refractivity contribution in [2.75, 3.05) is 0 Å². The first-order valence-electron chi connectivity index (χ1n) is 4.63. The molecule has 0 saturated carbocycles. The monoisotopic (exact) mass is 214 g/mol. The van der Waals surface area contributed by atoms with Crippen molar-refractivity contribution in [2.45, 2.75) is 26.4 Å². The molecule has 14 heavy (non-hydrogen) atoms. The van der Waals surface area contributed by atoms with E-state index < -0.39 is 7.60 Å². The van der Waals surface area contributed by atoms with Gasteiger partial charge in [0.1, 0.15) is 0 Å². The Bertz CT molecular complexity index is 323. The van der Waals surface area contributed by atoms with Gasteiger partial charge >= 0.3 is 7.60 Å². The summed E-state index contributed by atoms with van der Waals surface area (Å²) >= 11 is 0. The highest BCUT2D eigenvalue weighted by atomic mass is 31.2. The van der Waals surface area contributed by atoms with Crippen LogP contribution in [0, 0.1) is 0 Å². The molecule has 0 saturated heterocycles. The molecule has 2 unspecified atom stereocenters. The highest BCUT2D eigenvalue weighted by Crippen LogP contribution is 2.42. The van der Waals surface area contributed by atoms with Gasteiger partial charge in [0.25, 0.3) is 0 Å². The van der Waals surface area contributed by atoms with Gasteiger partial charge in [0.15, 0.2) is 0 Å². The minimum Gasteiger partial charge on any atom is -0.321 e. The van der Waals surface area contributed by atoms with Gasteiger partial charge in [-0.25, -0.2) is 0 Å². The van der Waals surface area contributed by atoms with Gasteiger partial charge in [-0.15, -0.1) is 0 Å². The summed E-state index contributed by atoms with van der Waals surface area (Å²) in [5, 5.41) is 0.348. The Labute approximate surface area is 84.3 Å². The second-order valence-electron chi connectivity index (χ2n) is 3.18. The van der Waals surface area contributed by atoms with Crippen LogP contribution < -0.4 is 5.30 Å². The SMILES string of the molecule is CCC(C)OP(=O)(O)c1ccccc1. The summed E-state index contributed by atoms with van der Waals surface area (Å²) < 4.78 is 16.8.